The van der Waals surface area contributed by atoms with Gasteiger partial charge in [-0.15, -0.1) is 0 Å². The molecule has 0 amide bonds. The molecule has 1 unspecified atom stereocenters. The van der Waals surface area contributed by atoms with E-state index in [4.69, 9.17) is 20.9 Å². The van der Waals surface area contributed by atoms with E-state index in [0.29, 0.717) is 42.8 Å². The number of aliphatic hydroxyl groups excluding tert-OH is 2. The van der Waals surface area contributed by atoms with Crippen molar-refractivity contribution >= 4 is 0 Å². The molecule has 0 bridgehead atoms. The Labute approximate surface area is 183 Å². The van der Waals surface area contributed by atoms with Gasteiger partial charge in [-0.1, -0.05) is 33.8 Å². The summed E-state index contributed by atoms with van der Waals surface area (Å²) in [5, 5.41) is 19.5. The highest BCUT2D eigenvalue weighted by atomic mass is 16.5. The van der Waals surface area contributed by atoms with Gasteiger partial charge in [0, 0.05) is 25.3 Å². The first-order valence-electron chi connectivity index (χ1n) is 11.5. The van der Waals surface area contributed by atoms with Crippen LogP contribution in [0.25, 0.3) is 0 Å². The Morgan fingerprint density at radius 2 is 1.87 bits per heavy atom. The summed E-state index contributed by atoms with van der Waals surface area (Å²) in [6.07, 6.45) is 5.72. The van der Waals surface area contributed by atoms with Crippen LogP contribution in [0.5, 0.6) is 0 Å². The lowest BCUT2D eigenvalue weighted by Gasteiger charge is -2.33. The second kappa shape index (κ2) is 13.4. The van der Waals surface area contributed by atoms with Gasteiger partial charge < -0.3 is 31.2 Å². The molecule has 1 saturated heterocycles. The van der Waals surface area contributed by atoms with Crippen LogP contribution >= 0.6 is 0 Å². The molecule has 6 atom stereocenters. The third kappa shape index (κ3) is 8.58. The van der Waals surface area contributed by atoms with E-state index in [-0.39, 0.29) is 24.7 Å². The molecule has 6 nitrogen and oxygen atoms in total. The molecule has 1 aliphatic rings. The fraction of sp³-hybridized carbons (Fsp3) is 0.833. The Morgan fingerprint density at radius 1 is 1.20 bits per heavy atom. The smallest absolute Gasteiger partial charge is 0.118 e. The normalized spacial score (nSPS) is 26.9. The van der Waals surface area contributed by atoms with Crippen LogP contribution in [0.1, 0.15) is 66.7 Å². The van der Waals surface area contributed by atoms with Crippen molar-refractivity contribution in [3.8, 4) is 0 Å². The summed E-state index contributed by atoms with van der Waals surface area (Å²) in [7, 11) is 1.66. The maximum Gasteiger partial charge on any atom is 0.118 e. The van der Waals surface area contributed by atoms with Crippen LogP contribution in [0.3, 0.4) is 0 Å². The SMILES string of the molecule is CO/C(=C(\N)CN)[C@@H](C)C[C@H](C)C[C@H](C/C=C(/C)[C@H]1C[C@@H](O)CC(CO)O1)C(C)C. The number of hydrogen-bond acceptors (Lipinski definition) is 6. The summed E-state index contributed by atoms with van der Waals surface area (Å²) in [4.78, 5) is 0. The Kier molecular flexibility index (Phi) is 12.0. The second-order valence-electron chi connectivity index (χ2n) is 9.52. The third-order valence-corrected chi connectivity index (χ3v) is 6.44. The highest BCUT2D eigenvalue weighted by Crippen LogP contribution is 2.31. The first-order chi connectivity index (χ1) is 14.1. The van der Waals surface area contributed by atoms with Crippen LogP contribution in [-0.4, -0.2) is 48.8 Å². The third-order valence-electron chi connectivity index (χ3n) is 6.44. The number of allylic oxidation sites excluding steroid dienone is 2. The molecular formula is C24H46N2O4. The van der Waals surface area contributed by atoms with Gasteiger partial charge in [0.25, 0.3) is 0 Å². The van der Waals surface area contributed by atoms with E-state index >= 15 is 0 Å². The molecule has 30 heavy (non-hydrogen) atoms. The first-order valence-corrected chi connectivity index (χ1v) is 11.5. The van der Waals surface area contributed by atoms with Gasteiger partial charge in [0.05, 0.1) is 37.7 Å². The molecule has 1 heterocycles. The van der Waals surface area contributed by atoms with E-state index in [1.54, 1.807) is 7.11 Å². The van der Waals surface area contributed by atoms with Crippen molar-refractivity contribution in [2.24, 2.45) is 35.1 Å². The molecule has 1 rings (SSSR count). The van der Waals surface area contributed by atoms with Gasteiger partial charge in [-0.2, -0.15) is 0 Å². The predicted molar refractivity (Wildman–Crippen MR) is 123 cm³/mol. The summed E-state index contributed by atoms with van der Waals surface area (Å²) in [6.45, 7) is 11.3. The van der Waals surface area contributed by atoms with Crippen LogP contribution in [0.15, 0.2) is 23.1 Å². The van der Waals surface area contributed by atoms with Gasteiger partial charge in [-0.3, -0.25) is 0 Å². The van der Waals surface area contributed by atoms with E-state index in [1.807, 2.05) is 0 Å². The molecule has 0 aromatic rings. The van der Waals surface area contributed by atoms with Crippen molar-refractivity contribution in [3.05, 3.63) is 23.1 Å². The molecule has 0 spiro atoms. The van der Waals surface area contributed by atoms with E-state index in [2.05, 4.69) is 40.7 Å². The zero-order valence-electron chi connectivity index (χ0n) is 19.9. The lowest BCUT2D eigenvalue weighted by atomic mass is 9.81. The number of methoxy groups -OCH3 is 1. The van der Waals surface area contributed by atoms with Crippen molar-refractivity contribution in [2.45, 2.75) is 85.0 Å². The Morgan fingerprint density at radius 3 is 2.40 bits per heavy atom. The highest BCUT2D eigenvalue weighted by Gasteiger charge is 2.29. The maximum absolute atomic E-state index is 10.1. The summed E-state index contributed by atoms with van der Waals surface area (Å²) < 4.78 is 11.5. The van der Waals surface area contributed by atoms with E-state index in [1.165, 1.54) is 0 Å². The maximum atomic E-state index is 10.1. The standard InChI is InChI=1S/C24H46N2O4/c1-15(2)19(10-16(3)9-18(5)24(29-6)22(26)13-25)8-7-17(4)23-12-20(28)11-21(14-27)30-23/h7,15-16,18-21,23,27-28H,8-14,25-26H2,1-6H3/b17-7-,24-22-/t16-,18-,19-,20-,21?,23+/m0/s1. The van der Waals surface area contributed by atoms with Crippen molar-refractivity contribution in [1.29, 1.82) is 0 Å². The molecule has 6 N–H and O–H groups in total. The van der Waals surface area contributed by atoms with Gasteiger partial charge in [0.15, 0.2) is 0 Å². The van der Waals surface area contributed by atoms with E-state index in [0.717, 1.165) is 30.6 Å². The predicted octanol–water partition coefficient (Wildman–Crippen LogP) is 3.32. The fourth-order valence-corrected chi connectivity index (χ4v) is 4.58. The molecular weight excluding hydrogens is 380 g/mol. The second-order valence-corrected chi connectivity index (χ2v) is 9.52. The van der Waals surface area contributed by atoms with Crippen LogP contribution < -0.4 is 11.5 Å². The Hall–Kier alpha value is -1.08. The molecule has 1 aliphatic heterocycles. The number of rotatable bonds is 12. The molecule has 0 aliphatic carbocycles. The first kappa shape index (κ1) is 27.0. The van der Waals surface area contributed by atoms with Crippen molar-refractivity contribution < 1.29 is 19.7 Å². The van der Waals surface area contributed by atoms with Crippen molar-refractivity contribution in [3.63, 3.8) is 0 Å². The molecule has 0 saturated carbocycles. The fourth-order valence-electron chi connectivity index (χ4n) is 4.58. The van der Waals surface area contributed by atoms with Gasteiger partial charge in [-0.05, 0) is 49.5 Å². The van der Waals surface area contributed by atoms with Crippen LogP contribution in [0.4, 0.5) is 0 Å². The minimum atomic E-state index is -0.407. The van der Waals surface area contributed by atoms with Crippen LogP contribution in [-0.2, 0) is 9.47 Å². The lowest BCUT2D eigenvalue weighted by Crippen LogP contribution is -2.38. The summed E-state index contributed by atoms with van der Waals surface area (Å²) in [5.74, 6) is 2.72. The zero-order valence-corrected chi connectivity index (χ0v) is 19.9. The van der Waals surface area contributed by atoms with Crippen LogP contribution in [0.2, 0.25) is 0 Å². The molecule has 0 aromatic heterocycles. The Balaban J connectivity index is 2.70. The number of ether oxygens (including phenoxy) is 2. The van der Waals surface area contributed by atoms with Gasteiger partial charge >= 0.3 is 0 Å². The molecule has 176 valence electrons. The summed E-state index contributed by atoms with van der Waals surface area (Å²) in [6, 6.07) is 0. The minimum absolute atomic E-state index is 0.0439. The quantitative estimate of drug-likeness (QED) is 0.281. The summed E-state index contributed by atoms with van der Waals surface area (Å²) in [5.41, 5.74) is 13.5. The van der Waals surface area contributed by atoms with Crippen molar-refractivity contribution in [1.82, 2.24) is 0 Å². The summed E-state index contributed by atoms with van der Waals surface area (Å²) >= 11 is 0. The monoisotopic (exact) mass is 426 g/mol. The number of aliphatic hydroxyl groups is 2. The molecule has 0 radical (unpaired) electrons. The van der Waals surface area contributed by atoms with Crippen LogP contribution in [0, 0.1) is 23.7 Å². The van der Waals surface area contributed by atoms with Gasteiger partial charge in [0.1, 0.15) is 5.76 Å². The number of nitrogens with two attached hydrogens (primary N) is 2. The number of hydrogen-bond donors (Lipinski definition) is 4. The van der Waals surface area contributed by atoms with Gasteiger partial charge in [0.2, 0.25) is 0 Å². The average Bonchev–Trinajstić information content (AvgIpc) is 2.70. The molecule has 6 heteroatoms. The largest absolute Gasteiger partial charge is 0.499 e. The van der Waals surface area contributed by atoms with Crippen molar-refractivity contribution in [2.75, 3.05) is 20.3 Å². The zero-order chi connectivity index (χ0) is 22.8. The lowest BCUT2D eigenvalue weighted by molar-refractivity contribution is -0.0975. The molecule has 1 fully saturated rings. The molecule has 0 aromatic carbocycles. The van der Waals surface area contributed by atoms with Gasteiger partial charge in [-0.25, -0.2) is 0 Å². The Bertz CT molecular complexity index is 561. The van der Waals surface area contributed by atoms with E-state index < -0.39 is 6.10 Å². The highest BCUT2D eigenvalue weighted by molar-refractivity contribution is 5.09. The minimum Gasteiger partial charge on any atom is -0.499 e. The average molecular weight is 427 g/mol. The topological polar surface area (TPSA) is 111 Å². The van der Waals surface area contributed by atoms with E-state index in [9.17, 15) is 10.2 Å².